The molecule has 0 bridgehead atoms. The standard InChI is InChI=1S/C27H34N2O4Si/c1-16(2)34(17(3)4,18(5)6)33-24(19-12-8-7-9-13-19)22-23(25(30)28-22)29-26(31)20-14-10-11-15-21(20)27(29)32/h7-18,22-24H,1-6H3,(H,28,30)/t22-,23+,24-/m0/s1. The number of β-lactam (4-membered cyclic amide) rings is 1. The predicted molar refractivity (Wildman–Crippen MR) is 134 cm³/mol. The highest BCUT2D eigenvalue weighted by Crippen LogP contribution is 2.47. The zero-order valence-electron chi connectivity index (χ0n) is 20.7. The van der Waals surface area contributed by atoms with Gasteiger partial charge in [-0.15, -0.1) is 0 Å². The predicted octanol–water partition coefficient (Wildman–Crippen LogP) is 5.08. The second kappa shape index (κ2) is 9.11. The van der Waals surface area contributed by atoms with Crippen molar-refractivity contribution in [3.63, 3.8) is 0 Å². The highest BCUT2D eigenvalue weighted by atomic mass is 28.4. The van der Waals surface area contributed by atoms with Crippen LogP contribution in [0.4, 0.5) is 0 Å². The number of imide groups is 1. The lowest BCUT2D eigenvalue weighted by Gasteiger charge is -2.50. The average molecular weight is 479 g/mol. The van der Waals surface area contributed by atoms with Crippen molar-refractivity contribution in [2.45, 2.75) is 76.4 Å². The van der Waals surface area contributed by atoms with Crippen LogP contribution in [0.5, 0.6) is 0 Å². The Hall–Kier alpha value is -2.77. The van der Waals surface area contributed by atoms with Crippen molar-refractivity contribution >= 4 is 26.0 Å². The van der Waals surface area contributed by atoms with Gasteiger partial charge in [0.25, 0.3) is 11.8 Å². The molecule has 180 valence electrons. The molecule has 3 atom stereocenters. The van der Waals surface area contributed by atoms with Gasteiger partial charge < -0.3 is 9.74 Å². The summed E-state index contributed by atoms with van der Waals surface area (Å²) in [5.41, 5.74) is 2.65. The lowest BCUT2D eigenvalue weighted by Crippen LogP contribution is -2.72. The average Bonchev–Trinajstić information content (AvgIpc) is 3.04. The Labute approximate surface area is 202 Å². The molecule has 1 fully saturated rings. The highest BCUT2D eigenvalue weighted by molar-refractivity contribution is 6.77. The third kappa shape index (κ3) is 3.71. The van der Waals surface area contributed by atoms with Crippen LogP contribution in [-0.4, -0.2) is 43.0 Å². The number of amides is 3. The van der Waals surface area contributed by atoms with E-state index < -0.39 is 38.3 Å². The van der Waals surface area contributed by atoms with E-state index in [2.05, 4.69) is 46.9 Å². The number of hydrogen-bond acceptors (Lipinski definition) is 4. The van der Waals surface area contributed by atoms with Gasteiger partial charge in [0.05, 0.1) is 23.3 Å². The molecule has 2 heterocycles. The van der Waals surface area contributed by atoms with Crippen LogP contribution in [0.1, 0.15) is 73.9 Å². The second-order valence-electron chi connectivity index (χ2n) is 10.3. The molecule has 1 saturated heterocycles. The molecular weight excluding hydrogens is 444 g/mol. The number of nitrogens with zero attached hydrogens (tertiary/aromatic N) is 1. The van der Waals surface area contributed by atoms with Crippen molar-refractivity contribution in [1.29, 1.82) is 0 Å². The van der Waals surface area contributed by atoms with Gasteiger partial charge in [-0.1, -0.05) is 84.0 Å². The molecule has 0 spiro atoms. The SMILES string of the molecule is CC(C)[Si](O[C@@H](c1ccccc1)[C@H]1NC(=O)[C@@H]1N1C(=O)c2ccccc2C1=O)(C(C)C)C(C)C. The molecule has 34 heavy (non-hydrogen) atoms. The molecule has 7 heteroatoms. The van der Waals surface area contributed by atoms with Crippen LogP contribution in [0.25, 0.3) is 0 Å². The fourth-order valence-electron chi connectivity index (χ4n) is 5.99. The number of carbonyl (C=O) groups is 3. The number of hydrogen-bond donors (Lipinski definition) is 1. The Kier molecular flexibility index (Phi) is 6.53. The lowest BCUT2D eigenvalue weighted by molar-refractivity contribution is -0.138. The molecule has 4 rings (SSSR count). The van der Waals surface area contributed by atoms with Crippen molar-refractivity contribution in [2.24, 2.45) is 0 Å². The Bertz CT molecular complexity index is 1040. The summed E-state index contributed by atoms with van der Waals surface area (Å²) in [5.74, 6) is -1.16. The summed E-state index contributed by atoms with van der Waals surface area (Å²) >= 11 is 0. The Morgan fingerprint density at radius 2 is 1.24 bits per heavy atom. The van der Waals surface area contributed by atoms with Crippen molar-refractivity contribution in [3.05, 3.63) is 71.3 Å². The summed E-state index contributed by atoms with van der Waals surface area (Å²) < 4.78 is 7.17. The van der Waals surface area contributed by atoms with E-state index in [0.29, 0.717) is 27.8 Å². The molecule has 0 saturated carbocycles. The van der Waals surface area contributed by atoms with Crippen LogP contribution in [0, 0.1) is 0 Å². The molecule has 2 aliphatic rings. The van der Waals surface area contributed by atoms with Crippen molar-refractivity contribution in [3.8, 4) is 0 Å². The smallest absolute Gasteiger partial charge is 0.262 e. The van der Waals surface area contributed by atoms with Crippen LogP contribution in [0.2, 0.25) is 16.6 Å². The van der Waals surface area contributed by atoms with Crippen LogP contribution in [-0.2, 0) is 9.22 Å². The first-order chi connectivity index (χ1) is 16.1. The molecule has 0 aliphatic carbocycles. The van der Waals surface area contributed by atoms with E-state index in [4.69, 9.17) is 4.43 Å². The van der Waals surface area contributed by atoms with Gasteiger partial charge in [0.1, 0.15) is 6.04 Å². The summed E-state index contributed by atoms with van der Waals surface area (Å²) in [6, 6.07) is 15.2. The third-order valence-corrected chi connectivity index (χ3v) is 13.6. The summed E-state index contributed by atoms with van der Waals surface area (Å²) in [7, 11) is -2.35. The second-order valence-corrected chi connectivity index (χ2v) is 15.7. The van der Waals surface area contributed by atoms with E-state index in [1.165, 1.54) is 0 Å². The van der Waals surface area contributed by atoms with Gasteiger partial charge in [0.2, 0.25) is 14.2 Å². The number of benzene rings is 2. The largest absolute Gasteiger partial charge is 0.407 e. The zero-order valence-corrected chi connectivity index (χ0v) is 21.7. The molecule has 2 aliphatic heterocycles. The monoisotopic (exact) mass is 478 g/mol. The molecule has 0 aromatic heterocycles. The van der Waals surface area contributed by atoms with Crippen LogP contribution in [0.15, 0.2) is 54.6 Å². The number of carbonyl (C=O) groups excluding carboxylic acids is 3. The van der Waals surface area contributed by atoms with Crippen molar-refractivity contribution in [2.75, 3.05) is 0 Å². The van der Waals surface area contributed by atoms with E-state index in [0.717, 1.165) is 10.5 Å². The number of fused-ring (bicyclic) bond motifs is 1. The summed E-state index contributed by atoms with van der Waals surface area (Å²) in [6.07, 6.45) is -0.466. The fraction of sp³-hybridized carbons (Fsp3) is 0.444. The van der Waals surface area contributed by atoms with Crippen molar-refractivity contribution < 1.29 is 18.8 Å². The van der Waals surface area contributed by atoms with E-state index in [1.807, 2.05) is 30.3 Å². The summed E-state index contributed by atoms with van der Waals surface area (Å²) in [6.45, 7) is 13.3. The first-order valence-electron chi connectivity index (χ1n) is 12.1. The minimum absolute atomic E-state index is 0.324. The Morgan fingerprint density at radius 3 is 1.68 bits per heavy atom. The van der Waals surface area contributed by atoms with Crippen LogP contribution < -0.4 is 5.32 Å². The van der Waals surface area contributed by atoms with Crippen LogP contribution >= 0.6 is 0 Å². The van der Waals surface area contributed by atoms with Gasteiger partial charge in [-0.05, 0) is 34.3 Å². The summed E-state index contributed by atoms with van der Waals surface area (Å²) in [4.78, 5) is 40.4. The molecule has 0 radical (unpaired) electrons. The molecule has 0 unspecified atom stereocenters. The maximum atomic E-state index is 13.2. The van der Waals surface area contributed by atoms with Crippen LogP contribution in [0.3, 0.4) is 0 Å². The molecule has 1 N–H and O–H groups in total. The lowest BCUT2D eigenvalue weighted by atomic mass is 9.88. The Balaban J connectivity index is 1.75. The number of rotatable bonds is 8. The van der Waals surface area contributed by atoms with E-state index in [1.54, 1.807) is 24.3 Å². The molecular formula is C27H34N2O4Si. The fourth-order valence-corrected chi connectivity index (χ4v) is 11.5. The molecule has 3 amide bonds. The van der Waals surface area contributed by atoms with E-state index in [9.17, 15) is 14.4 Å². The Morgan fingerprint density at radius 1 is 0.765 bits per heavy atom. The topological polar surface area (TPSA) is 75.7 Å². The zero-order chi connectivity index (χ0) is 24.8. The minimum atomic E-state index is -2.35. The van der Waals surface area contributed by atoms with E-state index in [-0.39, 0.29) is 5.91 Å². The van der Waals surface area contributed by atoms with Gasteiger partial charge in [0.15, 0.2) is 0 Å². The van der Waals surface area contributed by atoms with Gasteiger partial charge >= 0.3 is 0 Å². The first kappa shape index (κ1) is 24.4. The number of nitrogens with one attached hydrogen (secondary N) is 1. The van der Waals surface area contributed by atoms with Gasteiger partial charge in [-0.2, -0.15) is 0 Å². The third-order valence-electron chi connectivity index (χ3n) is 7.51. The quantitative estimate of drug-likeness (QED) is 0.326. The molecule has 6 nitrogen and oxygen atoms in total. The minimum Gasteiger partial charge on any atom is -0.407 e. The maximum absolute atomic E-state index is 13.2. The molecule has 2 aromatic rings. The normalized spacial score (nSPS) is 21.2. The van der Waals surface area contributed by atoms with Gasteiger partial charge in [-0.3, -0.25) is 19.3 Å². The van der Waals surface area contributed by atoms with E-state index >= 15 is 0 Å². The van der Waals surface area contributed by atoms with Gasteiger partial charge in [0, 0.05) is 0 Å². The first-order valence-corrected chi connectivity index (χ1v) is 14.2. The molecule has 2 aromatic carbocycles. The maximum Gasteiger partial charge on any atom is 0.262 e. The van der Waals surface area contributed by atoms with Crippen molar-refractivity contribution in [1.82, 2.24) is 10.2 Å². The van der Waals surface area contributed by atoms with Gasteiger partial charge in [-0.25, -0.2) is 0 Å². The highest BCUT2D eigenvalue weighted by Gasteiger charge is 2.57. The summed E-state index contributed by atoms with van der Waals surface area (Å²) in [5, 5.41) is 2.99.